The maximum Gasteiger partial charge on any atom is 0.141 e. The van der Waals surface area contributed by atoms with E-state index in [0.717, 1.165) is 39.6 Å². The van der Waals surface area contributed by atoms with Crippen LogP contribution in [0.5, 0.6) is 0 Å². The molecule has 3 heteroatoms. The first-order valence-electron chi connectivity index (χ1n) is 26.3. The van der Waals surface area contributed by atoms with Crippen LogP contribution < -0.4 is 0 Å². The number of hydrogen-bond donors (Lipinski definition) is 1. The van der Waals surface area contributed by atoms with Crippen LogP contribution in [0, 0.1) is 0 Å². The number of hydrogen-bond acceptors (Lipinski definition) is 2. The number of aliphatic hydroxyl groups is 1. The van der Waals surface area contributed by atoms with Gasteiger partial charge in [0.15, 0.2) is 0 Å². The summed E-state index contributed by atoms with van der Waals surface area (Å²) in [5.74, 6) is 0. The molecule has 0 saturated heterocycles. The Morgan fingerprint density at radius 2 is 0.758 bits per heavy atom. The molecule has 1 aromatic heterocycles. The summed E-state index contributed by atoms with van der Waals surface area (Å²) in [5.41, 5.74) is 5.30. The Labute approximate surface area is 394 Å². The lowest BCUT2D eigenvalue weighted by atomic mass is 9.77. The molecule has 4 rings (SSSR count). The molecule has 0 aliphatic carbocycles. The maximum atomic E-state index is 13.1. The number of halogens is 1. The Morgan fingerprint density at radius 3 is 1.08 bits per heavy atom. The highest BCUT2D eigenvalue weighted by Crippen LogP contribution is 2.44. The molecule has 1 N–H and O–H groups in total. The Hall–Kier alpha value is -2.20. The van der Waals surface area contributed by atoms with Gasteiger partial charge in [-0.3, -0.25) is 0 Å². The van der Waals surface area contributed by atoms with Crippen LogP contribution in [0.3, 0.4) is 0 Å². The first-order chi connectivity index (χ1) is 30.6. The summed E-state index contributed by atoms with van der Waals surface area (Å²) in [6.07, 6.45) is 46.9. The second-order valence-electron chi connectivity index (χ2n) is 18.9. The third kappa shape index (κ3) is 20.3. The van der Waals surface area contributed by atoms with Crippen LogP contribution in [0.1, 0.15) is 247 Å². The van der Waals surface area contributed by atoms with Gasteiger partial charge in [0.1, 0.15) is 5.60 Å². The van der Waals surface area contributed by atoms with Gasteiger partial charge in [0.25, 0.3) is 0 Å². The fourth-order valence-corrected chi connectivity index (χ4v) is 10.6. The molecule has 3 aromatic carbocycles. The molecule has 0 aliphatic heterocycles. The van der Waals surface area contributed by atoms with Crippen LogP contribution >= 0.6 is 27.3 Å². The van der Waals surface area contributed by atoms with Crippen molar-refractivity contribution in [3.63, 3.8) is 0 Å². The molecule has 0 bridgehead atoms. The second-order valence-corrected chi connectivity index (χ2v) is 20.7. The van der Waals surface area contributed by atoms with Gasteiger partial charge >= 0.3 is 0 Å². The van der Waals surface area contributed by atoms with Crippen LogP contribution in [-0.4, -0.2) is 5.11 Å². The third-order valence-corrected chi connectivity index (χ3v) is 14.9. The summed E-state index contributed by atoms with van der Waals surface area (Å²) >= 11 is 5.50. The van der Waals surface area contributed by atoms with Gasteiger partial charge in [-0.25, -0.2) is 0 Å². The van der Waals surface area contributed by atoms with E-state index in [-0.39, 0.29) is 0 Å². The lowest BCUT2D eigenvalue weighted by Crippen LogP contribution is -2.29. The number of thiophene rings is 1. The third-order valence-electron chi connectivity index (χ3n) is 13.5. The quantitative estimate of drug-likeness (QED) is 0.0351. The molecule has 0 atom stereocenters. The van der Waals surface area contributed by atoms with Crippen LogP contribution in [0.4, 0.5) is 0 Å². The van der Waals surface area contributed by atoms with E-state index in [9.17, 15) is 5.11 Å². The molecule has 0 aliphatic rings. The zero-order chi connectivity index (χ0) is 43.8. The first-order valence-corrected chi connectivity index (χ1v) is 28.0. The van der Waals surface area contributed by atoms with Gasteiger partial charge in [0.05, 0.1) is 0 Å². The smallest absolute Gasteiger partial charge is 0.141 e. The minimum Gasteiger partial charge on any atom is -0.376 e. The maximum absolute atomic E-state index is 13.1. The van der Waals surface area contributed by atoms with Crippen molar-refractivity contribution >= 4 is 27.3 Å². The minimum atomic E-state index is -1.29. The van der Waals surface area contributed by atoms with E-state index in [1.165, 1.54) is 221 Å². The second kappa shape index (κ2) is 33.3. The van der Waals surface area contributed by atoms with Crippen LogP contribution in [0.15, 0.2) is 88.7 Å². The predicted octanol–water partition coefficient (Wildman–Crippen LogP) is 20.1. The monoisotopic (exact) mass is 925 g/mol. The van der Waals surface area contributed by atoms with E-state index >= 15 is 0 Å². The fourth-order valence-electron chi connectivity index (χ4n) is 9.52. The standard InChI is InChI=1S/C59H89BrOS/c1-3-5-7-9-11-13-15-17-19-21-23-25-27-29-31-33-36-51-39-43-53(44-40-51)59(61,57-50-55(60)47-48-56(57)58-38-35-49-62-58)54-45-41-52(42-46-54)37-34-32-30-28-26-24-22-20-18-16-14-12-10-8-6-4-2/h35,38-50,61H,3-34,36-37H2,1-2H3. The van der Waals surface area contributed by atoms with Crippen LogP contribution in [0.2, 0.25) is 0 Å². The van der Waals surface area contributed by atoms with E-state index < -0.39 is 5.60 Å². The Bertz CT molecular complexity index is 1560. The van der Waals surface area contributed by atoms with Crippen molar-refractivity contribution in [1.29, 1.82) is 0 Å². The van der Waals surface area contributed by atoms with Gasteiger partial charge in [0.2, 0.25) is 0 Å². The first kappa shape index (κ1) is 52.4. The number of aryl methyl sites for hydroxylation is 2. The van der Waals surface area contributed by atoms with E-state index in [1.807, 2.05) is 0 Å². The van der Waals surface area contributed by atoms with Crippen molar-refractivity contribution in [1.82, 2.24) is 0 Å². The lowest BCUT2D eigenvalue weighted by molar-refractivity contribution is 0.126. The minimum absolute atomic E-state index is 0.922. The molecule has 344 valence electrons. The van der Waals surface area contributed by atoms with Crippen LogP contribution in [0.25, 0.3) is 10.4 Å². The summed E-state index contributed by atoms with van der Waals surface area (Å²) in [6.45, 7) is 4.60. The molecular formula is C59H89BrOS. The Morgan fingerprint density at radius 1 is 0.419 bits per heavy atom. The summed E-state index contributed by atoms with van der Waals surface area (Å²) in [4.78, 5) is 1.17. The SMILES string of the molecule is CCCCCCCCCCCCCCCCCCc1ccc(C(O)(c2ccc(CCCCCCCCCCCCCCCCCC)cc2)c2cc(Br)ccc2-c2cccs2)cc1. The largest absolute Gasteiger partial charge is 0.376 e. The Kier molecular flexibility index (Phi) is 28.2. The summed E-state index contributed by atoms with van der Waals surface area (Å²) < 4.78 is 0.978. The summed E-state index contributed by atoms with van der Waals surface area (Å²) in [5, 5.41) is 15.3. The van der Waals surface area contributed by atoms with E-state index in [0.29, 0.717) is 0 Å². The molecule has 0 radical (unpaired) electrons. The molecule has 1 nitrogen and oxygen atoms in total. The Balaban J connectivity index is 1.21. The van der Waals surface area contributed by atoms with Gasteiger partial charge in [-0.15, -0.1) is 11.3 Å². The molecule has 0 saturated carbocycles. The lowest BCUT2D eigenvalue weighted by Gasteiger charge is -2.32. The van der Waals surface area contributed by atoms with Gasteiger partial charge in [-0.1, -0.05) is 283 Å². The van der Waals surface area contributed by atoms with E-state index in [2.05, 4.69) is 114 Å². The van der Waals surface area contributed by atoms with Crippen molar-refractivity contribution in [2.45, 2.75) is 238 Å². The van der Waals surface area contributed by atoms with Crippen LogP contribution in [-0.2, 0) is 18.4 Å². The number of benzene rings is 3. The van der Waals surface area contributed by atoms with Crippen molar-refractivity contribution in [2.75, 3.05) is 0 Å². The fraction of sp³-hybridized carbons (Fsp3) is 0.627. The summed E-state index contributed by atoms with van der Waals surface area (Å²) in [6, 6.07) is 28.5. The molecule has 0 fully saturated rings. The molecule has 0 spiro atoms. The van der Waals surface area contributed by atoms with Gasteiger partial charge in [0, 0.05) is 14.9 Å². The summed E-state index contributed by atoms with van der Waals surface area (Å²) in [7, 11) is 0. The molecule has 0 unspecified atom stereocenters. The van der Waals surface area contributed by atoms with Crippen molar-refractivity contribution in [3.8, 4) is 10.4 Å². The zero-order valence-corrected chi connectivity index (χ0v) is 42.3. The molecule has 4 aromatic rings. The topological polar surface area (TPSA) is 20.2 Å². The highest BCUT2D eigenvalue weighted by molar-refractivity contribution is 9.10. The van der Waals surface area contributed by atoms with Gasteiger partial charge in [-0.2, -0.15) is 0 Å². The number of rotatable bonds is 38. The average molecular weight is 926 g/mol. The van der Waals surface area contributed by atoms with Gasteiger partial charge < -0.3 is 5.11 Å². The van der Waals surface area contributed by atoms with E-state index in [1.54, 1.807) is 11.3 Å². The van der Waals surface area contributed by atoms with E-state index in [4.69, 9.17) is 0 Å². The molecule has 1 heterocycles. The highest BCUT2D eigenvalue weighted by atomic mass is 79.9. The molecular weight excluding hydrogens is 837 g/mol. The molecule has 0 amide bonds. The average Bonchev–Trinajstić information content (AvgIpc) is 3.84. The normalized spacial score (nSPS) is 11.8. The van der Waals surface area contributed by atoms with Gasteiger partial charge in [-0.05, 0) is 77.1 Å². The number of unbranched alkanes of at least 4 members (excludes halogenated alkanes) is 30. The predicted molar refractivity (Wildman–Crippen MR) is 279 cm³/mol. The highest BCUT2D eigenvalue weighted by Gasteiger charge is 2.36. The molecule has 62 heavy (non-hydrogen) atoms. The van der Waals surface area contributed by atoms with Crippen molar-refractivity contribution in [2.24, 2.45) is 0 Å². The van der Waals surface area contributed by atoms with Crippen molar-refractivity contribution < 1.29 is 5.11 Å². The van der Waals surface area contributed by atoms with Crippen molar-refractivity contribution in [3.05, 3.63) is 117 Å². The zero-order valence-electron chi connectivity index (χ0n) is 39.9.